The van der Waals surface area contributed by atoms with Crippen molar-refractivity contribution < 1.29 is 19.1 Å². The number of hydrogen-bond acceptors (Lipinski definition) is 5. The molecule has 0 spiro atoms. The van der Waals surface area contributed by atoms with Crippen LogP contribution in [0.4, 0.5) is 0 Å². The largest absolute Gasteiger partial charge is 0.487 e. The monoisotopic (exact) mass is 562 g/mol. The lowest BCUT2D eigenvalue weighted by atomic mass is 9.91. The predicted molar refractivity (Wildman–Crippen MR) is 163 cm³/mol. The number of ether oxygens (including phenoxy) is 1. The highest BCUT2D eigenvalue weighted by atomic mass is 16.5. The molecule has 8 nitrogen and oxygen atoms in total. The van der Waals surface area contributed by atoms with E-state index in [9.17, 15) is 14.4 Å². The van der Waals surface area contributed by atoms with E-state index in [0.29, 0.717) is 18.1 Å². The van der Waals surface area contributed by atoms with Gasteiger partial charge in [-0.2, -0.15) is 0 Å². The van der Waals surface area contributed by atoms with Gasteiger partial charge in [-0.3, -0.25) is 19.3 Å². The van der Waals surface area contributed by atoms with Crippen LogP contribution in [0.2, 0.25) is 0 Å². The lowest BCUT2D eigenvalue weighted by molar-refractivity contribution is -0.136. The van der Waals surface area contributed by atoms with Gasteiger partial charge in [0.1, 0.15) is 23.9 Å². The van der Waals surface area contributed by atoms with Crippen molar-refractivity contribution in [3.05, 3.63) is 71.9 Å². The van der Waals surface area contributed by atoms with E-state index in [-0.39, 0.29) is 23.7 Å². The second kappa shape index (κ2) is 14.8. The van der Waals surface area contributed by atoms with Gasteiger partial charge in [-0.15, -0.1) is 0 Å². The van der Waals surface area contributed by atoms with E-state index in [4.69, 9.17) is 4.74 Å². The number of nitrogens with zero attached hydrogens (tertiary/aromatic N) is 1. The Morgan fingerprint density at radius 3 is 2.22 bits per heavy atom. The topological polar surface area (TPSA) is 99.8 Å². The Hall–Kier alpha value is -3.65. The molecule has 0 saturated heterocycles. The van der Waals surface area contributed by atoms with Crippen LogP contribution in [0.15, 0.2) is 60.8 Å². The average Bonchev–Trinajstić information content (AvgIpc) is 2.96. The molecule has 3 N–H and O–H groups in total. The van der Waals surface area contributed by atoms with Crippen LogP contribution < -0.4 is 20.7 Å². The number of carbonyl (C=O) groups excluding carboxylic acids is 3. The third kappa shape index (κ3) is 8.67. The molecule has 2 aliphatic heterocycles. The summed E-state index contributed by atoms with van der Waals surface area (Å²) < 4.78 is 6.39. The van der Waals surface area contributed by atoms with Crippen molar-refractivity contribution in [1.29, 1.82) is 0 Å². The van der Waals surface area contributed by atoms with Crippen LogP contribution in [-0.4, -0.2) is 60.9 Å². The van der Waals surface area contributed by atoms with E-state index in [0.717, 1.165) is 17.5 Å². The standard InChI is InChI=1S/C33H46N4O4/c1-8-22(4)20-27(37(6)7)31(38)36-29-30(21(2)3)41-26-16-14-24(15-17-26)18-19-34-32(39)28(35-33(29)40)23(5)25-12-10-9-11-13-25/h9-19,21-23,27-30H,8,20H2,1-7H3,(H,34,39)(H,35,40)(H,36,38)/b19-18-/t22-,23+,27-,28+,29+,30+/m0/s1. The maximum Gasteiger partial charge on any atom is 0.247 e. The van der Waals surface area contributed by atoms with Gasteiger partial charge in [0.2, 0.25) is 17.7 Å². The molecule has 2 aromatic rings. The van der Waals surface area contributed by atoms with Crippen LogP contribution in [0.1, 0.15) is 64.5 Å². The first-order valence-electron chi connectivity index (χ1n) is 14.6. The Morgan fingerprint density at radius 2 is 1.63 bits per heavy atom. The number of likely N-dealkylation sites (N-methyl/N-ethyl adjacent to an activating group) is 1. The van der Waals surface area contributed by atoms with Crippen LogP contribution >= 0.6 is 0 Å². The molecule has 0 fully saturated rings. The highest BCUT2D eigenvalue weighted by molar-refractivity contribution is 5.94. The van der Waals surface area contributed by atoms with Gasteiger partial charge in [0.25, 0.3) is 0 Å². The Balaban J connectivity index is 2.05. The number of amides is 3. The van der Waals surface area contributed by atoms with E-state index in [1.165, 1.54) is 0 Å². The fourth-order valence-corrected chi connectivity index (χ4v) is 4.97. The third-order valence-corrected chi connectivity index (χ3v) is 7.87. The van der Waals surface area contributed by atoms with Crippen molar-refractivity contribution in [3.8, 4) is 5.75 Å². The predicted octanol–water partition coefficient (Wildman–Crippen LogP) is 4.33. The van der Waals surface area contributed by atoms with E-state index in [1.54, 1.807) is 12.3 Å². The summed E-state index contributed by atoms with van der Waals surface area (Å²) in [4.78, 5) is 43.2. The number of fused-ring (bicyclic) bond motifs is 10. The second-order valence-electron chi connectivity index (χ2n) is 11.6. The summed E-state index contributed by atoms with van der Waals surface area (Å²) in [5, 5.41) is 8.85. The number of hydrogen-bond donors (Lipinski definition) is 3. The van der Waals surface area contributed by atoms with Crippen LogP contribution in [-0.2, 0) is 14.4 Å². The van der Waals surface area contributed by atoms with E-state index >= 15 is 0 Å². The fourth-order valence-electron chi connectivity index (χ4n) is 4.97. The van der Waals surface area contributed by atoms with Crippen LogP contribution in [0.25, 0.3) is 6.08 Å². The fraction of sp³-hybridized carbons (Fsp3) is 0.485. The summed E-state index contributed by atoms with van der Waals surface area (Å²) in [6, 6.07) is 14.6. The van der Waals surface area contributed by atoms with Gasteiger partial charge in [0, 0.05) is 12.1 Å². The van der Waals surface area contributed by atoms with Gasteiger partial charge in [-0.1, -0.05) is 83.5 Å². The first-order valence-corrected chi connectivity index (χ1v) is 14.6. The second-order valence-corrected chi connectivity index (χ2v) is 11.6. The van der Waals surface area contributed by atoms with Crippen molar-refractivity contribution in [1.82, 2.24) is 20.9 Å². The van der Waals surface area contributed by atoms with Gasteiger partial charge in [0.15, 0.2) is 0 Å². The molecule has 2 bridgehead atoms. The van der Waals surface area contributed by atoms with Crippen LogP contribution in [0.3, 0.4) is 0 Å². The summed E-state index contributed by atoms with van der Waals surface area (Å²) in [5.74, 6) is -0.629. The molecule has 0 aliphatic carbocycles. The normalized spacial score (nSPS) is 22.6. The molecule has 0 radical (unpaired) electrons. The van der Waals surface area contributed by atoms with Gasteiger partial charge >= 0.3 is 0 Å². The van der Waals surface area contributed by atoms with E-state index in [2.05, 4.69) is 29.8 Å². The summed E-state index contributed by atoms with van der Waals surface area (Å²) >= 11 is 0. The van der Waals surface area contributed by atoms with Crippen molar-refractivity contribution in [2.45, 2.75) is 77.6 Å². The highest BCUT2D eigenvalue weighted by Gasteiger charge is 2.39. The minimum atomic E-state index is -1.04. The molecule has 2 aromatic carbocycles. The zero-order chi connectivity index (χ0) is 30.1. The first-order chi connectivity index (χ1) is 19.5. The maximum atomic E-state index is 14.1. The molecular weight excluding hydrogens is 516 g/mol. The maximum absolute atomic E-state index is 14.1. The van der Waals surface area contributed by atoms with Gasteiger partial charge < -0.3 is 20.7 Å². The summed E-state index contributed by atoms with van der Waals surface area (Å²) in [7, 11) is 3.74. The van der Waals surface area contributed by atoms with Crippen molar-refractivity contribution >= 4 is 23.8 Å². The molecule has 6 atom stereocenters. The molecule has 3 amide bonds. The average molecular weight is 563 g/mol. The number of benzene rings is 2. The van der Waals surface area contributed by atoms with Crippen LogP contribution in [0.5, 0.6) is 5.75 Å². The number of carbonyl (C=O) groups is 3. The molecule has 0 unspecified atom stereocenters. The van der Waals surface area contributed by atoms with Gasteiger partial charge in [0.05, 0.1) is 6.04 Å². The van der Waals surface area contributed by atoms with Gasteiger partial charge in [-0.05, 0) is 61.7 Å². The summed E-state index contributed by atoms with van der Waals surface area (Å²) in [6.45, 7) is 10.0. The molecule has 41 heavy (non-hydrogen) atoms. The molecule has 2 heterocycles. The first kappa shape index (κ1) is 31.9. The van der Waals surface area contributed by atoms with Crippen molar-refractivity contribution in [2.75, 3.05) is 14.1 Å². The zero-order valence-corrected chi connectivity index (χ0v) is 25.4. The molecule has 2 aliphatic rings. The quantitative estimate of drug-likeness (QED) is 0.423. The SMILES string of the molecule is CC[C@H](C)C[C@@H](C(=O)N[C@H]1C(=O)N[C@H]([C@H](C)c2ccccc2)C(=O)N/C=C\c2ccc(cc2)O[C@@H]1C(C)C)N(C)C. The van der Waals surface area contributed by atoms with E-state index in [1.807, 2.05) is 94.4 Å². The highest BCUT2D eigenvalue weighted by Crippen LogP contribution is 2.23. The Labute approximate surface area is 244 Å². The smallest absolute Gasteiger partial charge is 0.247 e. The van der Waals surface area contributed by atoms with Crippen molar-refractivity contribution in [2.24, 2.45) is 11.8 Å². The molecule has 222 valence electrons. The van der Waals surface area contributed by atoms with Crippen LogP contribution in [0, 0.1) is 11.8 Å². The third-order valence-electron chi connectivity index (χ3n) is 7.87. The van der Waals surface area contributed by atoms with Gasteiger partial charge in [-0.25, -0.2) is 0 Å². The lowest BCUT2D eigenvalue weighted by Gasteiger charge is -2.34. The molecule has 0 saturated carbocycles. The Kier molecular flexibility index (Phi) is 11.5. The Morgan fingerprint density at radius 1 is 0.976 bits per heavy atom. The molecule has 0 aromatic heterocycles. The number of rotatable bonds is 9. The Bertz CT molecular complexity index is 1180. The summed E-state index contributed by atoms with van der Waals surface area (Å²) in [5.41, 5.74) is 1.79. The molecule has 4 rings (SSSR count). The zero-order valence-electron chi connectivity index (χ0n) is 25.4. The molecular formula is C33H46N4O4. The molecule has 8 heteroatoms. The van der Waals surface area contributed by atoms with E-state index < -0.39 is 30.1 Å². The minimum Gasteiger partial charge on any atom is -0.487 e. The minimum absolute atomic E-state index is 0.135. The number of nitrogens with one attached hydrogen (secondary N) is 3. The lowest BCUT2D eigenvalue weighted by Crippen LogP contribution is -2.62. The van der Waals surface area contributed by atoms with Crippen molar-refractivity contribution in [3.63, 3.8) is 0 Å². The summed E-state index contributed by atoms with van der Waals surface area (Å²) in [6.07, 6.45) is 4.28.